The number of aryl methyl sites for hydroxylation is 1. The van der Waals surface area contributed by atoms with Crippen LogP contribution in [0.3, 0.4) is 0 Å². The van der Waals surface area contributed by atoms with Crippen molar-refractivity contribution in [2.75, 3.05) is 0 Å². The number of amides is 1. The molecule has 1 heterocycles. The fourth-order valence-corrected chi connectivity index (χ4v) is 2.21. The minimum atomic E-state index is -0.0385. The first kappa shape index (κ1) is 10.2. The van der Waals surface area contributed by atoms with Gasteiger partial charge in [0.05, 0.1) is 0 Å². The van der Waals surface area contributed by atoms with E-state index in [-0.39, 0.29) is 11.4 Å². The molecule has 2 heteroatoms. The molecule has 2 rings (SSSR count). The Morgan fingerprint density at radius 2 is 2.13 bits per heavy atom. The van der Waals surface area contributed by atoms with Gasteiger partial charge in [-0.2, -0.15) is 0 Å². The van der Waals surface area contributed by atoms with Crippen molar-refractivity contribution < 1.29 is 4.79 Å². The molecule has 2 nitrogen and oxygen atoms in total. The largest absolute Gasteiger partial charge is 0.351 e. The van der Waals surface area contributed by atoms with Gasteiger partial charge in [-0.1, -0.05) is 24.3 Å². The van der Waals surface area contributed by atoms with Crippen molar-refractivity contribution in [3.63, 3.8) is 0 Å². The molecule has 1 N–H and O–H groups in total. The fraction of sp³-hybridized carbons (Fsp3) is 0.462. The molecule has 0 saturated carbocycles. The highest BCUT2D eigenvalue weighted by atomic mass is 16.2. The normalized spacial score (nSPS) is 25.3. The van der Waals surface area contributed by atoms with Crippen molar-refractivity contribution in [2.24, 2.45) is 0 Å². The van der Waals surface area contributed by atoms with Crippen LogP contribution in [0.2, 0.25) is 0 Å². The van der Waals surface area contributed by atoms with Gasteiger partial charge in [-0.15, -0.1) is 0 Å². The molecule has 15 heavy (non-hydrogen) atoms. The van der Waals surface area contributed by atoms with Gasteiger partial charge in [-0.05, 0) is 37.8 Å². The lowest BCUT2D eigenvalue weighted by Crippen LogP contribution is -2.40. The van der Waals surface area contributed by atoms with E-state index in [2.05, 4.69) is 37.4 Å². The maximum Gasteiger partial charge on any atom is 0.220 e. The molecular weight excluding hydrogens is 186 g/mol. The summed E-state index contributed by atoms with van der Waals surface area (Å²) in [6.07, 6.45) is 2.55. The minimum absolute atomic E-state index is 0.0385. The molecule has 0 aromatic heterocycles. The van der Waals surface area contributed by atoms with Crippen LogP contribution in [0.15, 0.2) is 24.3 Å². The van der Waals surface area contributed by atoms with Crippen LogP contribution < -0.4 is 5.32 Å². The lowest BCUT2D eigenvalue weighted by molar-refractivity contribution is -0.119. The number of nitrogens with one attached hydrogen (secondary N) is 1. The molecule has 1 unspecified atom stereocenters. The van der Waals surface area contributed by atoms with Crippen molar-refractivity contribution in [1.82, 2.24) is 5.32 Å². The van der Waals surface area contributed by atoms with Crippen molar-refractivity contribution in [2.45, 2.75) is 38.6 Å². The zero-order valence-electron chi connectivity index (χ0n) is 9.34. The van der Waals surface area contributed by atoms with E-state index in [9.17, 15) is 4.79 Å². The summed E-state index contributed by atoms with van der Waals surface area (Å²) in [5, 5.41) is 3.07. The van der Waals surface area contributed by atoms with Crippen LogP contribution in [0.25, 0.3) is 0 Å². The highest BCUT2D eigenvalue weighted by Gasteiger charge is 2.33. The van der Waals surface area contributed by atoms with Crippen LogP contribution in [0, 0.1) is 6.92 Å². The van der Waals surface area contributed by atoms with E-state index < -0.39 is 0 Å². The third-order valence-electron chi connectivity index (χ3n) is 3.19. The zero-order chi connectivity index (χ0) is 10.9. The summed E-state index contributed by atoms with van der Waals surface area (Å²) in [7, 11) is 0. The summed E-state index contributed by atoms with van der Waals surface area (Å²) in [5.74, 6) is 0.186. The zero-order valence-corrected chi connectivity index (χ0v) is 9.34. The fourth-order valence-electron chi connectivity index (χ4n) is 2.21. The molecule has 1 saturated heterocycles. The number of rotatable bonds is 2. The number of carbonyl (C=O) groups is 1. The van der Waals surface area contributed by atoms with Gasteiger partial charge in [0.15, 0.2) is 0 Å². The summed E-state index contributed by atoms with van der Waals surface area (Å²) in [4.78, 5) is 11.2. The van der Waals surface area contributed by atoms with Gasteiger partial charge in [-0.3, -0.25) is 4.79 Å². The maximum atomic E-state index is 11.2. The van der Waals surface area contributed by atoms with Crippen LogP contribution in [0.5, 0.6) is 0 Å². The molecule has 0 aliphatic carbocycles. The van der Waals surface area contributed by atoms with Crippen LogP contribution in [0.1, 0.15) is 30.9 Å². The Balaban J connectivity index is 2.15. The predicted octanol–water partition coefficient (Wildman–Crippen LogP) is 2.21. The van der Waals surface area contributed by atoms with Crippen molar-refractivity contribution in [3.8, 4) is 0 Å². The summed E-state index contributed by atoms with van der Waals surface area (Å²) in [5.41, 5.74) is 2.60. The molecule has 1 aliphatic rings. The number of hydrogen-bond acceptors (Lipinski definition) is 1. The summed E-state index contributed by atoms with van der Waals surface area (Å²) >= 11 is 0. The van der Waals surface area contributed by atoms with E-state index >= 15 is 0 Å². The topological polar surface area (TPSA) is 29.1 Å². The van der Waals surface area contributed by atoms with E-state index in [4.69, 9.17) is 0 Å². The van der Waals surface area contributed by atoms with Gasteiger partial charge >= 0.3 is 0 Å². The van der Waals surface area contributed by atoms with Crippen LogP contribution >= 0.6 is 0 Å². The second-order valence-corrected chi connectivity index (χ2v) is 4.71. The van der Waals surface area contributed by atoms with E-state index in [1.54, 1.807) is 0 Å². The molecular formula is C13H17NO. The standard InChI is InChI=1S/C13H17NO/c1-10-5-3-4-6-11(10)9-13(2)8-7-12(15)14-13/h3-6H,7-9H2,1-2H3,(H,14,15). The summed E-state index contributed by atoms with van der Waals surface area (Å²) in [6, 6.07) is 8.37. The van der Waals surface area contributed by atoms with Crippen LogP contribution in [-0.4, -0.2) is 11.4 Å². The molecule has 1 amide bonds. The van der Waals surface area contributed by atoms with E-state index in [0.29, 0.717) is 6.42 Å². The van der Waals surface area contributed by atoms with E-state index in [1.807, 2.05) is 6.07 Å². The van der Waals surface area contributed by atoms with Crippen LogP contribution in [-0.2, 0) is 11.2 Å². The first-order valence-corrected chi connectivity index (χ1v) is 5.45. The quantitative estimate of drug-likeness (QED) is 0.784. The molecule has 1 atom stereocenters. The lowest BCUT2D eigenvalue weighted by Gasteiger charge is -2.24. The Morgan fingerprint density at radius 1 is 1.40 bits per heavy atom. The summed E-state index contributed by atoms with van der Waals surface area (Å²) in [6.45, 7) is 4.25. The van der Waals surface area contributed by atoms with Crippen molar-refractivity contribution in [1.29, 1.82) is 0 Å². The smallest absolute Gasteiger partial charge is 0.220 e. The second kappa shape index (κ2) is 3.69. The lowest BCUT2D eigenvalue weighted by atomic mass is 9.89. The molecule has 0 bridgehead atoms. The van der Waals surface area contributed by atoms with Gasteiger partial charge in [0.25, 0.3) is 0 Å². The van der Waals surface area contributed by atoms with E-state index in [0.717, 1.165) is 12.8 Å². The highest BCUT2D eigenvalue weighted by molar-refractivity contribution is 5.79. The van der Waals surface area contributed by atoms with Crippen molar-refractivity contribution in [3.05, 3.63) is 35.4 Å². The molecule has 1 aliphatic heterocycles. The Morgan fingerprint density at radius 3 is 2.73 bits per heavy atom. The average Bonchev–Trinajstić information content (AvgIpc) is 2.51. The van der Waals surface area contributed by atoms with Gasteiger partial charge < -0.3 is 5.32 Å². The van der Waals surface area contributed by atoms with Gasteiger partial charge in [0, 0.05) is 12.0 Å². The van der Waals surface area contributed by atoms with E-state index in [1.165, 1.54) is 11.1 Å². The molecule has 80 valence electrons. The maximum absolute atomic E-state index is 11.2. The Bertz CT molecular complexity index is 386. The Kier molecular flexibility index (Phi) is 2.51. The molecule has 1 fully saturated rings. The highest BCUT2D eigenvalue weighted by Crippen LogP contribution is 2.25. The number of carbonyl (C=O) groups excluding carboxylic acids is 1. The number of benzene rings is 1. The Hall–Kier alpha value is -1.31. The van der Waals surface area contributed by atoms with Crippen molar-refractivity contribution >= 4 is 5.91 Å². The van der Waals surface area contributed by atoms with Gasteiger partial charge in [0.2, 0.25) is 5.91 Å². The second-order valence-electron chi connectivity index (χ2n) is 4.71. The number of hydrogen-bond donors (Lipinski definition) is 1. The first-order chi connectivity index (χ1) is 7.09. The van der Waals surface area contributed by atoms with Gasteiger partial charge in [-0.25, -0.2) is 0 Å². The monoisotopic (exact) mass is 203 g/mol. The third-order valence-corrected chi connectivity index (χ3v) is 3.19. The molecule has 0 radical (unpaired) electrons. The molecule has 0 spiro atoms. The summed E-state index contributed by atoms with van der Waals surface area (Å²) < 4.78 is 0. The first-order valence-electron chi connectivity index (χ1n) is 5.45. The molecule has 1 aromatic rings. The third kappa shape index (κ3) is 2.20. The van der Waals surface area contributed by atoms with Crippen LogP contribution in [0.4, 0.5) is 0 Å². The Labute approximate surface area is 90.7 Å². The SMILES string of the molecule is Cc1ccccc1CC1(C)CCC(=O)N1. The minimum Gasteiger partial charge on any atom is -0.351 e. The molecule has 1 aromatic carbocycles. The van der Waals surface area contributed by atoms with Gasteiger partial charge in [0.1, 0.15) is 0 Å². The average molecular weight is 203 g/mol. The predicted molar refractivity (Wildman–Crippen MR) is 60.7 cm³/mol.